The first kappa shape index (κ1) is 18.2. The van der Waals surface area contributed by atoms with E-state index < -0.39 is 17.1 Å². The summed E-state index contributed by atoms with van der Waals surface area (Å²) in [6.07, 6.45) is 4.00. The van der Waals surface area contributed by atoms with Crippen LogP contribution in [0.4, 0.5) is 4.39 Å². The molecule has 1 unspecified atom stereocenters. The van der Waals surface area contributed by atoms with Crippen molar-refractivity contribution in [2.24, 2.45) is 0 Å². The Morgan fingerprint density at radius 1 is 1.19 bits per heavy atom. The van der Waals surface area contributed by atoms with E-state index in [0.29, 0.717) is 24.0 Å². The van der Waals surface area contributed by atoms with Gasteiger partial charge >= 0.3 is 0 Å². The summed E-state index contributed by atoms with van der Waals surface area (Å²) < 4.78 is 37.0. The van der Waals surface area contributed by atoms with E-state index in [0.717, 1.165) is 10.9 Å². The Morgan fingerprint density at radius 3 is 2.85 bits per heavy atom. The van der Waals surface area contributed by atoms with Crippen molar-refractivity contribution in [1.82, 2.24) is 14.7 Å². The lowest BCUT2D eigenvalue weighted by Gasteiger charge is -2.08. The van der Waals surface area contributed by atoms with Crippen LogP contribution in [-0.4, -0.2) is 31.1 Å². The normalized spacial score (nSPS) is 12.2. The second-order valence-electron chi connectivity index (χ2n) is 5.71. The zero-order valence-electron chi connectivity index (χ0n) is 13.6. The minimum Gasteiger partial charge on any atom is -0.760 e. The Morgan fingerprint density at radius 2 is 2.04 bits per heavy atom. The minimum atomic E-state index is -2.31. The number of carbonyl (C=O) groups is 1. The maximum Gasteiger partial charge on any atom is 0.193 e. The van der Waals surface area contributed by atoms with Crippen LogP contribution in [0.3, 0.4) is 0 Å². The van der Waals surface area contributed by atoms with Gasteiger partial charge < -0.3 is 4.55 Å². The quantitative estimate of drug-likeness (QED) is 0.390. The monoisotopic (exact) mass is 372 g/mol. The molecular formula is C18H15FN3O3S-. The maximum atomic E-state index is 13.9. The minimum absolute atomic E-state index is 0.247. The lowest BCUT2D eigenvalue weighted by Crippen LogP contribution is -2.18. The predicted octanol–water partition coefficient (Wildman–Crippen LogP) is 2.32. The van der Waals surface area contributed by atoms with E-state index >= 15 is 0 Å². The summed E-state index contributed by atoms with van der Waals surface area (Å²) in [5.41, 5.74) is 2.03. The molecule has 0 aliphatic carbocycles. The fourth-order valence-electron chi connectivity index (χ4n) is 2.67. The van der Waals surface area contributed by atoms with Gasteiger partial charge in [0.15, 0.2) is 5.78 Å². The molecule has 0 aliphatic heterocycles. The third kappa shape index (κ3) is 4.54. The van der Waals surface area contributed by atoms with Gasteiger partial charge in [-0.1, -0.05) is 0 Å². The number of hydrogen-bond acceptors (Lipinski definition) is 5. The number of ketones is 1. The van der Waals surface area contributed by atoms with Crippen molar-refractivity contribution in [1.29, 1.82) is 0 Å². The summed E-state index contributed by atoms with van der Waals surface area (Å²) in [4.78, 5) is 20.8. The standard InChI is InChI=1S/C18H16FN3O3S/c19-16-7-12(2-1-5-22-26(24)25)6-14(9-16)18(23)13-3-4-17-15(8-13)10-20-11-21-17/h3-4,6-11,22H,1-2,5H2,(H,24,25)/p-1. The number of nitrogens with one attached hydrogen (secondary N) is 1. The van der Waals surface area contributed by atoms with Crippen molar-refractivity contribution >= 4 is 28.0 Å². The smallest absolute Gasteiger partial charge is 0.193 e. The van der Waals surface area contributed by atoms with Crippen LogP contribution < -0.4 is 4.72 Å². The number of fused-ring (bicyclic) bond motifs is 1. The van der Waals surface area contributed by atoms with Crippen molar-refractivity contribution in [3.05, 3.63) is 71.4 Å². The highest BCUT2D eigenvalue weighted by molar-refractivity contribution is 7.77. The first-order chi connectivity index (χ1) is 12.5. The molecule has 1 atom stereocenters. The molecule has 2 aromatic carbocycles. The Bertz CT molecular complexity index is 981. The highest BCUT2D eigenvalue weighted by Gasteiger charge is 2.12. The molecule has 0 aliphatic rings. The second kappa shape index (κ2) is 8.22. The van der Waals surface area contributed by atoms with Crippen LogP contribution in [0, 0.1) is 5.82 Å². The number of aromatic nitrogens is 2. The molecule has 0 amide bonds. The van der Waals surface area contributed by atoms with E-state index in [1.807, 2.05) is 0 Å². The molecule has 1 heterocycles. The molecule has 0 spiro atoms. The zero-order chi connectivity index (χ0) is 18.5. The van der Waals surface area contributed by atoms with E-state index in [1.54, 1.807) is 30.5 Å². The zero-order valence-corrected chi connectivity index (χ0v) is 14.5. The Hall–Kier alpha value is -2.55. The number of rotatable bonds is 7. The van der Waals surface area contributed by atoms with Crippen LogP contribution in [0.25, 0.3) is 10.9 Å². The molecule has 1 aromatic heterocycles. The Balaban J connectivity index is 1.80. The molecule has 0 radical (unpaired) electrons. The summed E-state index contributed by atoms with van der Waals surface area (Å²) in [5, 5.41) is 0.728. The van der Waals surface area contributed by atoms with Gasteiger partial charge in [0, 0.05) is 40.5 Å². The molecule has 0 saturated carbocycles. The summed E-state index contributed by atoms with van der Waals surface area (Å²) in [5.74, 6) is -0.800. The third-order valence-corrected chi connectivity index (χ3v) is 4.29. The fourth-order valence-corrected chi connectivity index (χ4v) is 2.98. The number of benzene rings is 2. The summed E-state index contributed by atoms with van der Waals surface area (Å²) in [6.45, 7) is 0.251. The van der Waals surface area contributed by atoms with Crippen LogP contribution in [0.5, 0.6) is 0 Å². The van der Waals surface area contributed by atoms with Gasteiger partial charge in [-0.15, -0.1) is 0 Å². The van der Waals surface area contributed by atoms with Gasteiger partial charge in [0.2, 0.25) is 0 Å². The SMILES string of the molecule is O=C(c1cc(F)cc(CCCNS(=O)[O-])c1)c1ccc2ncncc2c1. The first-order valence-corrected chi connectivity index (χ1v) is 8.97. The van der Waals surface area contributed by atoms with E-state index in [2.05, 4.69) is 14.7 Å². The van der Waals surface area contributed by atoms with Gasteiger partial charge in [-0.2, -0.15) is 0 Å². The average Bonchev–Trinajstić information content (AvgIpc) is 2.63. The van der Waals surface area contributed by atoms with Crippen molar-refractivity contribution < 1.29 is 17.9 Å². The molecule has 26 heavy (non-hydrogen) atoms. The summed E-state index contributed by atoms with van der Waals surface area (Å²) in [6, 6.07) is 9.22. The fraction of sp³-hybridized carbons (Fsp3) is 0.167. The maximum absolute atomic E-state index is 13.9. The molecule has 3 rings (SSSR count). The lowest BCUT2D eigenvalue weighted by atomic mass is 9.98. The largest absolute Gasteiger partial charge is 0.760 e. The highest BCUT2D eigenvalue weighted by Crippen LogP contribution is 2.18. The van der Waals surface area contributed by atoms with Crippen LogP contribution in [0.2, 0.25) is 0 Å². The second-order valence-corrected chi connectivity index (χ2v) is 6.46. The molecule has 0 fully saturated rings. The van der Waals surface area contributed by atoms with E-state index in [4.69, 9.17) is 0 Å². The van der Waals surface area contributed by atoms with Crippen LogP contribution in [-0.2, 0) is 17.7 Å². The molecule has 134 valence electrons. The van der Waals surface area contributed by atoms with Crippen LogP contribution >= 0.6 is 0 Å². The summed E-state index contributed by atoms with van der Waals surface area (Å²) in [7, 11) is 0. The number of carbonyl (C=O) groups excluding carboxylic acids is 1. The highest BCUT2D eigenvalue weighted by atomic mass is 32.2. The van der Waals surface area contributed by atoms with Crippen LogP contribution in [0.1, 0.15) is 27.9 Å². The number of halogens is 1. The molecule has 0 bridgehead atoms. The lowest BCUT2D eigenvalue weighted by molar-refractivity contribution is 0.103. The Kier molecular flexibility index (Phi) is 5.77. The molecule has 6 nitrogen and oxygen atoms in total. The first-order valence-electron chi connectivity index (χ1n) is 7.89. The molecule has 1 N–H and O–H groups in total. The van der Waals surface area contributed by atoms with E-state index in [9.17, 15) is 17.9 Å². The number of aryl methyl sites for hydroxylation is 1. The topological polar surface area (TPSA) is 95.0 Å². The van der Waals surface area contributed by atoms with Crippen molar-refractivity contribution in [2.75, 3.05) is 6.54 Å². The van der Waals surface area contributed by atoms with E-state index in [-0.39, 0.29) is 17.9 Å². The molecule has 3 aromatic rings. The predicted molar refractivity (Wildman–Crippen MR) is 94.6 cm³/mol. The average molecular weight is 372 g/mol. The molecule has 8 heteroatoms. The molecule has 0 saturated heterocycles. The number of nitrogens with zero attached hydrogens (tertiary/aromatic N) is 2. The Labute approximate surface area is 151 Å². The van der Waals surface area contributed by atoms with Crippen molar-refractivity contribution in [2.45, 2.75) is 12.8 Å². The van der Waals surface area contributed by atoms with Gasteiger partial charge in [-0.05, 0) is 54.8 Å². The van der Waals surface area contributed by atoms with Crippen molar-refractivity contribution in [3.63, 3.8) is 0 Å². The number of hydrogen-bond donors (Lipinski definition) is 1. The van der Waals surface area contributed by atoms with E-state index in [1.165, 1.54) is 18.5 Å². The van der Waals surface area contributed by atoms with Gasteiger partial charge in [0.1, 0.15) is 12.1 Å². The van der Waals surface area contributed by atoms with Crippen molar-refractivity contribution in [3.8, 4) is 0 Å². The van der Waals surface area contributed by atoms with Gasteiger partial charge in [0.05, 0.1) is 5.52 Å². The van der Waals surface area contributed by atoms with Gasteiger partial charge in [-0.25, -0.2) is 19.1 Å². The van der Waals surface area contributed by atoms with Crippen LogP contribution in [0.15, 0.2) is 48.9 Å². The summed E-state index contributed by atoms with van der Waals surface area (Å²) >= 11 is -2.31. The molecular weight excluding hydrogens is 357 g/mol. The van der Waals surface area contributed by atoms with Gasteiger partial charge in [-0.3, -0.25) is 9.00 Å². The third-order valence-electron chi connectivity index (χ3n) is 3.85. The van der Waals surface area contributed by atoms with Gasteiger partial charge in [0.25, 0.3) is 0 Å².